The second-order valence-electron chi connectivity index (χ2n) is 3.97. The number of nitrogens with zero attached hydrogens (tertiary/aromatic N) is 2. The molecule has 0 atom stereocenters. The molecule has 0 spiro atoms. The first-order valence-electron chi connectivity index (χ1n) is 5.15. The number of aromatic hydroxyl groups is 2. The summed E-state index contributed by atoms with van der Waals surface area (Å²) in [6.45, 7) is 3.97. The SMILES string of the molecule is CC(C)n1ncc(O)c1-c1cccc(O)c1. The normalized spacial score (nSPS) is 10.9. The molecule has 0 amide bonds. The predicted octanol–water partition coefficient (Wildman–Crippen LogP) is 2.54. The van der Waals surface area contributed by atoms with Crippen LogP contribution in [0.2, 0.25) is 0 Å². The zero-order chi connectivity index (χ0) is 11.7. The molecule has 0 saturated carbocycles. The molecule has 1 heterocycles. The van der Waals surface area contributed by atoms with E-state index < -0.39 is 0 Å². The lowest BCUT2D eigenvalue weighted by Crippen LogP contribution is -2.04. The molecule has 0 unspecified atom stereocenters. The molecule has 0 fully saturated rings. The molecular weight excluding hydrogens is 204 g/mol. The highest BCUT2D eigenvalue weighted by Crippen LogP contribution is 2.32. The smallest absolute Gasteiger partial charge is 0.161 e. The minimum Gasteiger partial charge on any atom is -0.508 e. The predicted molar refractivity (Wildman–Crippen MR) is 61.4 cm³/mol. The Balaban J connectivity index is 2.59. The number of phenols is 1. The minimum atomic E-state index is 0.124. The topological polar surface area (TPSA) is 58.3 Å². The molecule has 0 aliphatic carbocycles. The van der Waals surface area contributed by atoms with Crippen LogP contribution in [0.4, 0.5) is 0 Å². The maximum absolute atomic E-state index is 9.76. The highest BCUT2D eigenvalue weighted by Gasteiger charge is 2.14. The average molecular weight is 218 g/mol. The Labute approximate surface area is 93.8 Å². The summed E-state index contributed by atoms with van der Waals surface area (Å²) in [6.07, 6.45) is 1.42. The van der Waals surface area contributed by atoms with Gasteiger partial charge in [-0.3, -0.25) is 4.68 Å². The first-order chi connectivity index (χ1) is 7.59. The second-order valence-corrected chi connectivity index (χ2v) is 3.97. The van der Waals surface area contributed by atoms with Gasteiger partial charge in [-0.25, -0.2) is 0 Å². The second kappa shape index (κ2) is 3.89. The van der Waals surface area contributed by atoms with Crippen molar-refractivity contribution >= 4 is 0 Å². The van der Waals surface area contributed by atoms with Gasteiger partial charge in [-0.1, -0.05) is 12.1 Å². The maximum atomic E-state index is 9.76. The molecule has 84 valence electrons. The number of hydrogen-bond acceptors (Lipinski definition) is 3. The summed E-state index contributed by atoms with van der Waals surface area (Å²) in [5, 5.41) is 23.3. The van der Waals surface area contributed by atoms with Crippen molar-refractivity contribution in [2.45, 2.75) is 19.9 Å². The van der Waals surface area contributed by atoms with Gasteiger partial charge in [0, 0.05) is 11.6 Å². The van der Waals surface area contributed by atoms with Crippen LogP contribution in [0, 0.1) is 0 Å². The third kappa shape index (κ3) is 1.74. The van der Waals surface area contributed by atoms with Crippen LogP contribution in [0.25, 0.3) is 11.3 Å². The van der Waals surface area contributed by atoms with E-state index in [0.29, 0.717) is 5.69 Å². The Hall–Kier alpha value is -1.97. The van der Waals surface area contributed by atoms with Gasteiger partial charge in [-0.05, 0) is 26.0 Å². The van der Waals surface area contributed by atoms with Crippen molar-refractivity contribution in [3.8, 4) is 22.8 Å². The van der Waals surface area contributed by atoms with Gasteiger partial charge in [-0.15, -0.1) is 0 Å². The summed E-state index contributed by atoms with van der Waals surface area (Å²) in [7, 11) is 0. The fourth-order valence-electron chi connectivity index (χ4n) is 1.68. The van der Waals surface area contributed by atoms with Gasteiger partial charge in [0.2, 0.25) is 0 Å². The number of benzene rings is 1. The van der Waals surface area contributed by atoms with E-state index in [4.69, 9.17) is 0 Å². The van der Waals surface area contributed by atoms with E-state index in [1.54, 1.807) is 22.9 Å². The highest BCUT2D eigenvalue weighted by atomic mass is 16.3. The molecule has 1 aromatic carbocycles. The van der Waals surface area contributed by atoms with Crippen molar-refractivity contribution in [2.75, 3.05) is 0 Å². The molecule has 2 rings (SSSR count). The van der Waals surface area contributed by atoms with Gasteiger partial charge in [0.1, 0.15) is 11.4 Å². The van der Waals surface area contributed by atoms with E-state index in [0.717, 1.165) is 5.56 Å². The minimum absolute atomic E-state index is 0.124. The standard InChI is InChI=1S/C12H14N2O2/c1-8(2)14-12(11(16)7-13-14)9-4-3-5-10(15)6-9/h3-8,15-16H,1-2H3. The van der Waals surface area contributed by atoms with Gasteiger partial charge in [0.05, 0.1) is 6.20 Å². The Bertz CT molecular complexity index is 503. The van der Waals surface area contributed by atoms with Crippen LogP contribution < -0.4 is 0 Å². The van der Waals surface area contributed by atoms with Gasteiger partial charge >= 0.3 is 0 Å². The Morgan fingerprint density at radius 2 is 2.00 bits per heavy atom. The summed E-state index contributed by atoms with van der Waals surface area (Å²) < 4.78 is 1.73. The first kappa shape index (κ1) is 10.5. The molecule has 2 aromatic rings. The highest BCUT2D eigenvalue weighted by molar-refractivity contribution is 5.67. The average Bonchev–Trinajstić information content (AvgIpc) is 2.60. The molecule has 0 aliphatic rings. The molecular formula is C12H14N2O2. The van der Waals surface area contributed by atoms with Crippen LogP contribution in [-0.4, -0.2) is 20.0 Å². The molecule has 0 radical (unpaired) electrons. The number of rotatable bonds is 2. The van der Waals surface area contributed by atoms with E-state index in [1.807, 2.05) is 19.9 Å². The molecule has 2 N–H and O–H groups in total. The molecule has 0 aliphatic heterocycles. The van der Waals surface area contributed by atoms with Crippen LogP contribution in [0.3, 0.4) is 0 Å². The Morgan fingerprint density at radius 1 is 1.25 bits per heavy atom. The van der Waals surface area contributed by atoms with Crippen molar-refractivity contribution in [3.05, 3.63) is 30.5 Å². The van der Waals surface area contributed by atoms with Gasteiger partial charge < -0.3 is 10.2 Å². The number of hydrogen-bond donors (Lipinski definition) is 2. The fourth-order valence-corrected chi connectivity index (χ4v) is 1.68. The third-order valence-electron chi connectivity index (χ3n) is 2.38. The summed E-state index contributed by atoms with van der Waals surface area (Å²) in [6, 6.07) is 6.92. The van der Waals surface area contributed by atoms with E-state index >= 15 is 0 Å². The van der Waals surface area contributed by atoms with Crippen molar-refractivity contribution in [2.24, 2.45) is 0 Å². The molecule has 16 heavy (non-hydrogen) atoms. The summed E-state index contributed by atoms with van der Waals surface area (Å²) in [4.78, 5) is 0. The van der Waals surface area contributed by atoms with E-state index in [9.17, 15) is 10.2 Å². The van der Waals surface area contributed by atoms with Crippen molar-refractivity contribution in [1.82, 2.24) is 9.78 Å². The van der Waals surface area contributed by atoms with Crippen LogP contribution in [0.5, 0.6) is 11.5 Å². The van der Waals surface area contributed by atoms with Gasteiger partial charge in [0.15, 0.2) is 5.75 Å². The monoisotopic (exact) mass is 218 g/mol. The first-order valence-corrected chi connectivity index (χ1v) is 5.15. The van der Waals surface area contributed by atoms with Gasteiger partial charge in [-0.2, -0.15) is 5.10 Å². The summed E-state index contributed by atoms with van der Waals surface area (Å²) >= 11 is 0. The molecule has 0 saturated heterocycles. The molecule has 0 bridgehead atoms. The lowest BCUT2D eigenvalue weighted by Gasteiger charge is -2.11. The van der Waals surface area contributed by atoms with E-state index in [-0.39, 0.29) is 17.5 Å². The fraction of sp³-hybridized carbons (Fsp3) is 0.250. The zero-order valence-corrected chi connectivity index (χ0v) is 9.25. The van der Waals surface area contributed by atoms with Crippen LogP contribution >= 0.6 is 0 Å². The Kier molecular flexibility index (Phi) is 2.56. The number of aromatic nitrogens is 2. The van der Waals surface area contributed by atoms with Crippen LogP contribution in [0.1, 0.15) is 19.9 Å². The van der Waals surface area contributed by atoms with E-state index in [1.165, 1.54) is 6.20 Å². The lowest BCUT2D eigenvalue weighted by molar-refractivity contribution is 0.471. The van der Waals surface area contributed by atoms with E-state index in [2.05, 4.69) is 5.10 Å². The Morgan fingerprint density at radius 3 is 2.62 bits per heavy atom. The zero-order valence-electron chi connectivity index (χ0n) is 9.25. The molecule has 1 aromatic heterocycles. The summed E-state index contributed by atoms with van der Waals surface area (Å²) in [5.74, 6) is 0.299. The third-order valence-corrected chi connectivity index (χ3v) is 2.38. The number of phenolic OH excluding ortho intramolecular Hbond substituents is 1. The molecule has 4 heteroatoms. The van der Waals surface area contributed by atoms with Crippen molar-refractivity contribution in [1.29, 1.82) is 0 Å². The lowest BCUT2D eigenvalue weighted by atomic mass is 10.1. The van der Waals surface area contributed by atoms with Crippen molar-refractivity contribution in [3.63, 3.8) is 0 Å². The molecule has 4 nitrogen and oxygen atoms in total. The quantitative estimate of drug-likeness (QED) is 0.814. The maximum Gasteiger partial charge on any atom is 0.161 e. The largest absolute Gasteiger partial charge is 0.508 e. The summed E-state index contributed by atoms with van der Waals surface area (Å²) in [5.41, 5.74) is 1.38. The van der Waals surface area contributed by atoms with Crippen LogP contribution in [0.15, 0.2) is 30.5 Å². The van der Waals surface area contributed by atoms with Crippen molar-refractivity contribution < 1.29 is 10.2 Å². The van der Waals surface area contributed by atoms with Gasteiger partial charge in [0.25, 0.3) is 0 Å². The van der Waals surface area contributed by atoms with Crippen LogP contribution in [-0.2, 0) is 0 Å².